The number of allylic oxidation sites excluding steroid dienone is 2. The summed E-state index contributed by atoms with van der Waals surface area (Å²) in [5.41, 5.74) is 0. The standard InChI is InChI=1S/C15H25N3O3/c1-17-7-8-18(2)11(10-17)9-16-14(19)12-5-3-4-6-13(12)15(20)21/h3-4,11-13H,5-10H2,1-2H3,(H,16,19)(H,20,21)/t11?,12-,13+/m1/s1. The van der Waals surface area contributed by atoms with Crippen molar-refractivity contribution in [1.29, 1.82) is 0 Å². The van der Waals surface area contributed by atoms with Crippen LogP contribution in [-0.2, 0) is 9.59 Å². The van der Waals surface area contributed by atoms with Crippen LogP contribution in [0, 0.1) is 11.8 Å². The molecule has 0 bridgehead atoms. The Hall–Kier alpha value is -1.40. The average molecular weight is 295 g/mol. The molecule has 0 aromatic rings. The van der Waals surface area contributed by atoms with Gasteiger partial charge in [-0.3, -0.25) is 14.5 Å². The maximum absolute atomic E-state index is 12.3. The minimum atomic E-state index is -0.881. The first-order valence-corrected chi connectivity index (χ1v) is 7.53. The van der Waals surface area contributed by atoms with Crippen LogP contribution in [0.4, 0.5) is 0 Å². The SMILES string of the molecule is CN1CCN(C)C(CNC(=O)[C@@H]2CC=CC[C@@H]2C(=O)O)C1. The largest absolute Gasteiger partial charge is 0.481 e. The van der Waals surface area contributed by atoms with Gasteiger partial charge in [0, 0.05) is 32.2 Å². The predicted molar refractivity (Wildman–Crippen MR) is 79.9 cm³/mol. The molecule has 2 N–H and O–H groups in total. The third kappa shape index (κ3) is 4.04. The lowest BCUT2D eigenvalue weighted by atomic mass is 9.82. The molecule has 2 rings (SSSR count). The van der Waals surface area contributed by atoms with Gasteiger partial charge < -0.3 is 15.3 Å². The number of hydrogen-bond donors (Lipinski definition) is 2. The summed E-state index contributed by atoms with van der Waals surface area (Å²) in [6.45, 7) is 3.52. The molecule has 1 saturated heterocycles. The lowest BCUT2D eigenvalue weighted by Crippen LogP contribution is -2.55. The van der Waals surface area contributed by atoms with Crippen LogP contribution in [0.5, 0.6) is 0 Å². The molecule has 2 aliphatic rings. The van der Waals surface area contributed by atoms with Crippen LogP contribution in [0.25, 0.3) is 0 Å². The third-order valence-electron chi connectivity index (χ3n) is 4.58. The van der Waals surface area contributed by atoms with Crippen molar-refractivity contribution in [2.75, 3.05) is 40.3 Å². The molecule has 1 unspecified atom stereocenters. The number of carboxylic acid groups (broad SMARTS) is 1. The third-order valence-corrected chi connectivity index (χ3v) is 4.58. The van der Waals surface area contributed by atoms with E-state index in [2.05, 4.69) is 29.2 Å². The van der Waals surface area contributed by atoms with E-state index in [9.17, 15) is 14.7 Å². The topological polar surface area (TPSA) is 72.9 Å². The number of nitrogens with zero attached hydrogens (tertiary/aromatic N) is 2. The highest BCUT2D eigenvalue weighted by Crippen LogP contribution is 2.26. The molecule has 1 amide bonds. The fourth-order valence-electron chi connectivity index (χ4n) is 3.05. The Morgan fingerprint density at radius 3 is 2.52 bits per heavy atom. The zero-order chi connectivity index (χ0) is 15.4. The summed E-state index contributed by atoms with van der Waals surface area (Å²) in [5.74, 6) is -2.05. The number of rotatable bonds is 4. The van der Waals surface area contributed by atoms with Gasteiger partial charge in [-0.1, -0.05) is 12.2 Å². The van der Waals surface area contributed by atoms with Crippen molar-refractivity contribution in [3.63, 3.8) is 0 Å². The number of likely N-dealkylation sites (N-methyl/N-ethyl adjacent to an activating group) is 2. The molecule has 0 aromatic heterocycles. The number of nitrogens with one attached hydrogen (secondary N) is 1. The second-order valence-corrected chi connectivity index (χ2v) is 6.14. The summed E-state index contributed by atoms with van der Waals surface area (Å²) in [7, 11) is 4.14. The molecular formula is C15H25N3O3. The molecule has 0 radical (unpaired) electrons. The summed E-state index contributed by atoms with van der Waals surface area (Å²) in [6.07, 6.45) is 4.72. The van der Waals surface area contributed by atoms with Gasteiger partial charge in [-0.05, 0) is 26.9 Å². The minimum absolute atomic E-state index is 0.131. The van der Waals surface area contributed by atoms with Gasteiger partial charge in [0.05, 0.1) is 11.8 Å². The molecule has 1 aliphatic carbocycles. The Morgan fingerprint density at radius 1 is 1.19 bits per heavy atom. The van der Waals surface area contributed by atoms with Crippen molar-refractivity contribution in [2.24, 2.45) is 11.8 Å². The summed E-state index contributed by atoms with van der Waals surface area (Å²) in [6, 6.07) is 0.287. The van der Waals surface area contributed by atoms with Gasteiger partial charge >= 0.3 is 5.97 Å². The van der Waals surface area contributed by atoms with Crippen LogP contribution < -0.4 is 5.32 Å². The minimum Gasteiger partial charge on any atom is -0.481 e. The van der Waals surface area contributed by atoms with Crippen molar-refractivity contribution in [2.45, 2.75) is 18.9 Å². The number of amides is 1. The van der Waals surface area contributed by atoms with Gasteiger partial charge in [0.2, 0.25) is 5.91 Å². The zero-order valence-corrected chi connectivity index (χ0v) is 12.8. The van der Waals surface area contributed by atoms with Gasteiger partial charge in [0.25, 0.3) is 0 Å². The van der Waals surface area contributed by atoms with Gasteiger partial charge in [-0.25, -0.2) is 0 Å². The Kier molecular flexibility index (Phi) is 5.36. The first kappa shape index (κ1) is 16.0. The van der Waals surface area contributed by atoms with Crippen LogP contribution >= 0.6 is 0 Å². The van der Waals surface area contributed by atoms with E-state index >= 15 is 0 Å². The number of carbonyl (C=O) groups excluding carboxylic acids is 1. The van der Waals surface area contributed by atoms with E-state index in [1.807, 2.05) is 12.2 Å². The van der Waals surface area contributed by atoms with Crippen molar-refractivity contribution in [1.82, 2.24) is 15.1 Å². The maximum Gasteiger partial charge on any atom is 0.307 e. The molecule has 1 heterocycles. The van der Waals surface area contributed by atoms with Crippen molar-refractivity contribution in [3.05, 3.63) is 12.2 Å². The van der Waals surface area contributed by atoms with E-state index < -0.39 is 17.8 Å². The first-order chi connectivity index (χ1) is 9.99. The van der Waals surface area contributed by atoms with Gasteiger partial charge in [0.15, 0.2) is 0 Å². The molecule has 3 atom stereocenters. The fraction of sp³-hybridized carbons (Fsp3) is 0.733. The lowest BCUT2D eigenvalue weighted by Gasteiger charge is -2.38. The summed E-state index contributed by atoms with van der Waals surface area (Å²) in [4.78, 5) is 28.0. The highest BCUT2D eigenvalue weighted by atomic mass is 16.4. The summed E-state index contributed by atoms with van der Waals surface area (Å²) in [5, 5.41) is 12.2. The van der Waals surface area contributed by atoms with Crippen LogP contribution in [0.3, 0.4) is 0 Å². The average Bonchev–Trinajstić information content (AvgIpc) is 2.47. The molecule has 118 valence electrons. The van der Waals surface area contributed by atoms with E-state index in [0.717, 1.165) is 19.6 Å². The van der Waals surface area contributed by atoms with Crippen LogP contribution in [0.1, 0.15) is 12.8 Å². The van der Waals surface area contributed by atoms with Gasteiger partial charge in [-0.15, -0.1) is 0 Å². The van der Waals surface area contributed by atoms with Crippen molar-refractivity contribution >= 4 is 11.9 Å². The van der Waals surface area contributed by atoms with Gasteiger partial charge in [0.1, 0.15) is 0 Å². The van der Waals surface area contributed by atoms with Crippen LogP contribution in [-0.4, -0.2) is 73.1 Å². The molecule has 1 fully saturated rings. The second kappa shape index (κ2) is 7.04. The molecule has 0 aromatic carbocycles. The normalized spacial score (nSPS) is 31.0. The summed E-state index contributed by atoms with van der Waals surface area (Å²) < 4.78 is 0. The zero-order valence-electron chi connectivity index (χ0n) is 12.8. The molecule has 0 saturated carbocycles. The second-order valence-electron chi connectivity index (χ2n) is 6.14. The molecule has 21 heavy (non-hydrogen) atoms. The van der Waals surface area contributed by atoms with Gasteiger partial charge in [-0.2, -0.15) is 0 Å². The monoisotopic (exact) mass is 295 g/mol. The van der Waals surface area contributed by atoms with E-state index in [0.29, 0.717) is 19.4 Å². The fourth-order valence-corrected chi connectivity index (χ4v) is 3.05. The number of carbonyl (C=O) groups is 2. The highest BCUT2D eigenvalue weighted by molar-refractivity contribution is 5.85. The van der Waals surface area contributed by atoms with E-state index in [1.54, 1.807) is 0 Å². The lowest BCUT2D eigenvalue weighted by molar-refractivity contribution is -0.147. The summed E-state index contributed by atoms with van der Waals surface area (Å²) >= 11 is 0. The first-order valence-electron chi connectivity index (χ1n) is 7.53. The molecular weight excluding hydrogens is 270 g/mol. The highest BCUT2D eigenvalue weighted by Gasteiger charge is 2.34. The van der Waals surface area contributed by atoms with Crippen molar-refractivity contribution in [3.8, 4) is 0 Å². The Labute approximate surface area is 125 Å². The van der Waals surface area contributed by atoms with E-state index in [4.69, 9.17) is 0 Å². The van der Waals surface area contributed by atoms with E-state index in [-0.39, 0.29) is 11.9 Å². The Bertz CT molecular complexity index is 424. The molecule has 6 heteroatoms. The maximum atomic E-state index is 12.3. The van der Waals surface area contributed by atoms with Crippen molar-refractivity contribution < 1.29 is 14.7 Å². The number of hydrogen-bond acceptors (Lipinski definition) is 4. The number of piperazine rings is 1. The smallest absolute Gasteiger partial charge is 0.307 e. The molecule has 1 aliphatic heterocycles. The molecule has 0 spiro atoms. The van der Waals surface area contributed by atoms with Crippen LogP contribution in [0.2, 0.25) is 0 Å². The Balaban J connectivity index is 1.88. The number of carboxylic acids is 1. The predicted octanol–water partition coefficient (Wildman–Crippen LogP) is 0.0154. The quantitative estimate of drug-likeness (QED) is 0.715. The molecule has 6 nitrogen and oxygen atoms in total. The Morgan fingerprint density at radius 2 is 1.86 bits per heavy atom. The number of aliphatic carboxylic acids is 1. The van der Waals surface area contributed by atoms with Crippen LogP contribution in [0.15, 0.2) is 12.2 Å². The van der Waals surface area contributed by atoms with E-state index in [1.165, 1.54) is 0 Å².